The highest BCUT2D eigenvalue weighted by molar-refractivity contribution is 9.10. The highest BCUT2D eigenvalue weighted by atomic mass is 79.9. The molecule has 2 aromatic rings. The molecule has 0 aliphatic carbocycles. The summed E-state index contributed by atoms with van der Waals surface area (Å²) in [6, 6.07) is 11.1. The Morgan fingerprint density at radius 3 is 2.35 bits per heavy atom. The van der Waals surface area contributed by atoms with Crippen molar-refractivity contribution in [2.24, 2.45) is 5.10 Å². The van der Waals surface area contributed by atoms with Gasteiger partial charge >= 0.3 is 0 Å². The Balaban J connectivity index is 2.01. The molecular weight excluding hydrogens is 468 g/mol. The minimum absolute atomic E-state index is 0.223. The number of halogens is 2. The molecule has 0 spiro atoms. The van der Waals surface area contributed by atoms with Crippen molar-refractivity contribution in [3.05, 3.63) is 56.5 Å². The SMILES string of the molecule is COc1cc(OC)c(C2=NN(C(C)=O)[C@@H](c3ccc(Br)cc3)O2)cc1Br. The van der Waals surface area contributed by atoms with Crippen LogP contribution in [-0.2, 0) is 9.53 Å². The van der Waals surface area contributed by atoms with Crippen LogP contribution in [0.1, 0.15) is 24.3 Å². The topological polar surface area (TPSA) is 60.4 Å². The molecule has 26 heavy (non-hydrogen) atoms. The first-order valence-electron chi connectivity index (χ1n) is 7.67. The lowest BCUT2D eigenvalue weighted by atomic mass is 10.1. The predicted molar refractivity (Wildman–Crippen MR) is 104 cm³/mol. The minimum Gasteiger partial charge on any atom is -0.496 e. The molecule has 1 aliphatic heterocycles. The Morgan fingerprint density at radius 1 is 1.12 bits per heavy atom. The first-order chi connectivity index (χ1) is 12.4. The van der Waals surface area contributed by atoms with Gasteiger partial charge in [-0.05, 0) is 34.1 Å². The van der Waals surface area contributed by atoms with Gasteiger partial charge in [0.2, 0.25) is 18.0 Å². The molecule has 6 nitrogen and oxygen atoms in total. The Bertz CT molecular complexity index is 868. The van der Waals surface area contributed by atoms with Gasteiger partial charge in [-0.15, -0.1) is 5.10 Å². The van der Waals surface area contributed by atoms with Crippen LogP contribution in [0.4, 0.5) is 0 Å². The van der Waals surface area contributed by atoms with Crippen molar-refractivity contribution in [2.45, 2.75) is 13.2 Å². The minimum atomic E-state index is -0.638. The average molecular weight is 484 g/mol. The summed E-state index contributed by atoms with van der Waals surface area (Å²) in [5, 5.41) is 5.68. The number of methoxy groups -OCH3 is 2. The molecule has 1 amide bonds. The van der Waals surface area contributed by atoms with Gasteiger partial charge in [0.15, 0.2) is 0 Å². The maximum atomic E-state index is 12.1. The molecule has 1 aliphatic rings. The van der Waals surface area contributed by atoms with E-state index in [0.29, 0.717) is 23.0 Å². The van der Waals surface area contributed by atoms with Crippen molar-refractivity contribution < 1.29 is 19.0 Å². The van der Waals surface area contributed by atoms with Crippen LogP contribution in [0.3, 0.4) is 0 Å². The lowest BCUT2D eigenvalue weighted by molar-refractivity contribution is -0.135. The Kier molecular flexibility index (Phi) is 5.52. The maximum absolute atomic E-state index is 12.1. The Labute approximate surface area is 168 Å². The number of rotatable bonds is 4. The fourth-order valence-electron chi connectivity index (χ4n) is 2.55. The quantitative estimate of drug-likeness (QED) is 0.643. The van der Waals surface area contributed by atoms with Gasteiger partial charge in [-0.3, -0.25) is 4.79 Å². The molecule has 1 heterocycles. The van der Waals surface area contributed by atoms with Gasteiger partial charge in [0.05, 0.1) is 24.3 Å². The lowest BCUT2D eigenvalue weighted by Gasteiger charge is -2.19. The first-order valence-corrected chi connectivity index (χ1v) is 9.25. The van der Waals surface area contributed by atoms with Crippen LogP contribution < -0.4 is 9.47 Å². The number of carbonyl (C=O) groups is 1. The highest BCUT2D eigenvalue weighted by Crippen LogP contribution is 2.37. The summed E-state index contributed by atoms with van der Waals surface area (Å²) in [6.45, 7) is 1.45. The summed E-state index contributed by atoms with van der Waals surface area (Å²) >= 11 is 6.86. The van der Waals surface area contributed by atoms with Crippen molar-refractivity contribution in [1.82, 2.24) is 5.01 Å². The molecule has 0 unspecified atom stereocenters. The molecule has 0 fully saturated rings. The van der Waals surface area contributed by atoms with Crippen molar-refractivity contribution >= 4 is 43.7 Å². The van der Waals surface area contributed by atoms with Crippen LogP contribution in [0.5, 0.6) is 11.5 Å². The number of nitrogens with zero attached hydrogens (tertiary/aromatic N) is 2. The fraction of sp³-hybridized carbons (Fsp3) is 0.222. The van der Waals surface area contributed by atoms with Crippen LogP contribution >= 0.6 is 31.9 Å². The summed E-state index contributed by atoms with van der Waals surface area (Å²) in [5.41, 5.74) is 1.43. The van der Waals surface area contributed by atoms with Crippen LogP contribution in [0.15, 0.2) is 50.4 Å². The lowest BCUT2D eigenvalue weighted by Crippen LogP contribution is -2.25. The van der Waals surface area contributed by atoms with Gasteiger partial charge < -0.3 is 14.2 Å². The number of hydrogen-bond donors (Lipinski definition) is 0. The van der Waals surface area contributed by atoms with Crippen LogP contribution in [0.2, 0.25) is 0 Å². The van der Waals surface area contributed by atoms with Crippen LogP contribution in [0, 0.1) is 0 Å². The molecule has 0 saturated carbocycles. The highest BCUT2D eigenvalue weighted by Gasteiger charge is 2.34. The normalized spacial score (nSPS) is 16.1. The van der Waals surface area contributed by atoms with E-state index in [1.54, 1.807) is 26.4 Å². The molecular formula is C18H16Br2N2O4. The third-order valence-corrected chi connectivity index (χ3v) is 4.97. The molecule has 136 valence electrons. The molecule has 0 radical (unpaired) electrons. The monoisotopic (exact) mass is 482 g/mol. The second kappa shape index (κ2) is 7.67. The number of hydrazone groups is 1. The summed E-state index contributed by atoms with van der Waals surface area (Å²) in [6.07, 6.45) is -0.638. The largest absolute Gasteiger partial charge is 0.496 e. The number of amides is 1. The van der Waals surface area contributed by atoms with E-state index in [4.69, 9.17) is 14.2 Å². The molecule has 0 N–H and O–H groups in total. The van der Waals surface area contributed by atoms with Crippen LogP contribution in [-0.4, -0.2) is 31.0 Å². The smallest absolute Gasteiger partial charge is 0.244 e. The van der Waals surface area contributed by atoms with E-state index in [0.717, 1.165) is 14.5 Å². The van der Waals surface area contributed by atoms with Crippen molar-refractivity contribution in [3.8, 4) is 11.5 Å². The zero-order chi connectivity index (χ0) is 18.8. The number of hydrogen-bond acceptors (Lipinski definition) is 5. The zero-order valence-corrected chi connectivity index (χ0v) is 17.5. The third-order valence-electron chi connectivity index (χ3n) is 3.83. The van der Waals surface area contributed by atoms with E-state index >= 15 is 0 Å². The summed E-state index contributed by atoms with van der Waals surface area (Å²) in [7, 11) is 3.13. The summed E-state index contributed by atoms with van der Waals surface area (Å²) < 4.78 is 18.4. The average Bonchev–Trinajstić information content (AvgIpc) is 3.07. The molecule has 2 aromatic carbocycles. The van der Waals surface area contributed by atoms with E-state index in [-0.39, 0.29) is 5.91 Å². The van der Waals surface area contributed by atoms with Gasteiger partial charge in [-0.25, -0.2) is 0 Å². The van der Waals surface area contributed by atoms with E-state index in [1.165, 1.54) is 11.9 Å². The second-order valence-electron chi connectivity index (χ2n) is 5.48. The Morgan fingerprint density at radius 2 is 1.77 bits per heavy atom. The number of ether oxygens (including phenoxy) is 3. The third kappa shape index (κ3) is 3.57. The molecule has 0 saturated heterocycles. The Hall–Kier alpha value is -2.06. The van der Waals surface area contributed by atoms with E-state index in [1.807, 2.05) is 24.3 Å². The van der Waals surface area contributed by atoms with E-state index in [2.05, 4.69) is 37.0 Å². The first kappa shape index (κ1) is 18.7. The molecule has 8 heteroatoms. The van der Waals surface area contributed by atoms with Gasteiger partial charge in [-0.1, -0.05) is 28.1 Å². The van der Waals surface area contributed by atoms with Gasteiger partial charge in [0.1, 0.15) is 11.5 Å². The molecule has 1 atom stereocenters. The van der Waals surface area contributed by atoms with Gasteiger partial charge in [-0.2, -0.15) is 5.01 Å². The standard InChI is InChI=1S/C18H16Br2N2O4/c1-10(23)22-18(11-4-6-12(19)7-5-11)26-17(21-22)13-8-14(20)16(25-3)9-15(13)24-2/h4-9,18H,1-3H3/t18-/m1/s1. The fourth-order valence-corrected chi connectivity index (χ4v) is 3.32. The maximum Gasteiger partial charge on any atom is 0.244 e. The van der Waals surface area contributed by atoms with Crippen molar-refractivity contribution in [2.75, 3.05) is 14.2 Å². The van der Waals surface area contributed by atoms with Crippen LogP contribution in [0.25, 0.3) is 0 Å². The van der Waals surface area contributed by atoms with Gasteiger partial charge in [0.25, 0.3) is 0 Å². The van der Waals surface area contributed by atoms with E-state index in [9.17, 15) is 4.79 Å². The predicted octanol–water partition coefficient (Wildman–Crippen LogP) is 4.47. The number of benzene rings is 2. The summed E-state index contributed by atoms with van der Waals surface area (Å²) in [5.74, 6) is 1.23. The van der Waals surface area contributed by atoms with Gasteiger partial charge in [0, 0.05) is 23.0 Å². The van der Waals surface area contributed by atoms with Crippen molar-refractivity contribution in [3.63, 3.8) is 0 Å². The second-order valence-corrected chi connectivity index (χ2v) is 7.25. The molecule has 0 aromatic heterocycles. The number of carbonyl (C=O) groups excluding carboxylic acids is 1. The van der Waals surface area contributed by atoms with E-state index < -0.39 is 6.23 Å². The van der Waals surface area contributed by atoms with Crippen molar-refractivity contribution in [1.29, 1.82) is 0 Å². The molecule has 3 rings (SSSR count). The molecule has 0 bridgehead atoms. The zero-order valence-electron chi connectivity index (χ0n) is 14.3. The summed E-state index contributed by atoms with van der Waals surface area (Å²) in [4.78, 5) is 12.1.